The van der Waals surface area contributed by atoms with Crippen molar-refractivity contribution in [3.8, 4) is 5.69 Å². The smallest absolute Gasteiger partial charge is 0.133 e. The number of aromatic nitrogens is 2. The largest absolute Gasteiger partial charge is 0.222 e. The van der Waals surface area contributed by atoms with Crippen LogP contribution in [0.5, 0.6) is 0 Å². The molecule has 0 aliphatic heterocycles. The molecule has 0 radical (unpaired) electrons. The summed E-state index contributed by atoms with van der Waals surface area (Å²) in [6.45, 7) is 10.6. The summed E-state index contributed by atoms with van der Waals surface area (Å²) in [6, 6.07) is 8.25. The molecule has 3 heteroatoms. The molecular weight excluding hydrogens is 244 g/mol. The average molecular weight is 263 g/mol. The second kappa shape index (κ2) is 4.43. The molecule has 1 aromatic carbocycles. The summed E-state index contributed by atoms with van der Waals surface area (Å²) in [5, 5.41) is 5.30. The monoisotopic (exact) mass is 262 g/mol. The molecule has 1 heterocycles. The first-order valence-corrected chi connectivity index (χ1v) is 6.50. The zero-order valence-corrected chi connectivity index (χ0v) is 12.3. The lowest BCUT2D eigenvalue weighted by Crippen LogP contribution is -2.12. The number of halogens is 1. The SMILES string of the molecule is Cc1ccc(C)c(-n2nc(C(C)(C)C)cc2Cl)c1. The predicted molar refractivity (Wildman–Crippen MR) is 76.7 cm³/mol. The molecular formula is C15H19ClN2. The molecule has 0 bridgehead atoms. The standard InChI is InChI=1S/C15H19ClN2/c1-10-6-7-11(2)12(8-10)18-14(16)9-13(17-18)15(3,4)5/h6-9H,1-5H3. The first-order valence-electron chi connectivity index (χ1n) is 6.13. The molecule has 0 atom stereocenters. The highest BCUT2D eigenvalue weighted by atomic mass is 35.5. The van der Waals surface area contributed by atoms with Gasteiger partial charge in [-0.3, -0.25) is 0 Å². The topological polar surface area (TPSA) is 17.8 Å². The molecule has 2 nitrogen and oxygen atoms in total. The van der Waals surface area contributed by atoms with Crippen molar-refractivity contribution in [1.82, 2.24) is 9.78 Å². The van der Waals surface area contributed by atoms with Gasteiger partial charge in [0, 0.05) is 5.41 Å². The molecule has 0 aliphatic rings. The molecule has 2 rings (SSSR count). The van der Waals surface area contributed by atoms with Crippen LogP contribution in [0.1, 0.15) is 37.6 Å². The number of aryl methyl sites for hydroxylation is 2. The second-order valence-corrected chi connectivity index (χ2v) is 6.19. The van der Waals surface area contributed by atoms with E-state index in [4.69, 9.17) is 11.6 Å². The Morgan fingerprint density at radius 1 is 1.11 bits per heavy atom. The Labute approximate surface area is 114 Å². The van der Waals surface area contributed by atoms with Crippen LogP contribution in [-0.4, -0.2) is 9.78 Å². The van der Waals surface area contributed by atoms with E-state index in [9.17, 15) is 0 Å². The maximum atomic E-state index is 6.31. The summed E-state index contributed by atoms with van der Waals surface area (Å²) in [7, 11) is 0. The predicted octanol–water partition coefficient (Wildman–Crippen LogP) is 4.44. The normalized spacial score (nSPS) is 11.9. The summed E-state index contributed by atoms with van der Waals surface area (Å²) < 4.78 is 1.82. The molecule has 0 amide bonds. The highest BCUT2D eigenvalue weighted by molar-refractivity contribution is 6.29. The van der Waals surface area contributed by atoms with E-state index in [2.05, 4.69) is 57.9 Å². The van der Waals surface area contributed by atoms with Gasteiger partial charge in [-0.2, -0.15) is 5.10 Å². The van der Waals surface area contributed by atoms with Gasteiger partial charge in [0.25, 0.3) is 0 Å². The average Bonchev–Trinajstić information content (AvgIpc) is 2.64. The fourth-order valence-corrected chi connectivity index (χ4v) is 2.07. The molecule has 0 fully saturated rings. The lowest BCUT2D eigenvalue weighted by atomic mass is 9.93. The molecule has 2 aromatic rings. The summed E-state index contributed by atoms with van der Waals surface area (Å²) in [6.07, 6.45) is 0. The fourth-order valence-electron chi connectivity index (χ4n) is 1.84. The highest BCUT2D eigenvalue weighted by Crippen LogP contribution is 2.27. The Bertz CT molecular complexity index is 577. The zero-order valence-electron chi connectivity index (χ0n) is 11.6. The van der Waals surface area contributed by atoms with E-state index in [0.717, 1.165) is 11.4 Å². The molecule has 96 valence electrons. The maximum Gasteiger partial charge on any atom is 0.133 e. The van der Waals surface area contributed by atoms with Gasteiger partial charge in [0.1, 0.15) is 5.15 Å². The van der Waals surface area contributed by atoms with Crippen molar-refractivity contribution in [2.45, 2.75) is 40.0 Å². The van der Waals surface area contributed by atoms with Crippen molar-refractivity contribution in [1.29, 1.82) is 0 Å². The van der Waals surface area contributed by atoms with E-state index in [-0.39, 0.29) is 5.41 Å². The minimum absolute atomic E-state index is 0.00657. The third-order valence-electron chi connectivity index (χ3n) is 3.03. The number of benzene rings is 1. The molecule has 0 unspecified atom stereocenters. The van der Waals surface area contributed by atoms with E-state index in [1.165, 1.54) is 11.1 Å². The first kappa shape index (κ1) is 13.2. The van der Waals surface area contributed by atoms with Gasteiger partial charge < -0.3 is 0 Å². The van der Waals surface area contributed by atoms with Crippen molar-refractivity contribution in [2.24, 2.45) is 0 Å². The summed E-state index contributed by atoms with van der Waals surface area (Å²) in [4.78, 5) is 0. The van der Waals surface area contributed by atoms with Gasteiger partial charge in [0.15, 0.2) is 0 Å². The minimum atomic E-state index is 0.00657. The van der Waals surface area contributed by atoms with Gasteiger partial charge in [-0.05, 0) is 37.1 Å². The Morgan fingerprint density at radius 3 is 2.33 bits per heavy atom. The lowest BCUT2D eigenvalue weighted by molar-refractivity contribution is 0.560. The fraction of sp³-hybridized carbons (Fsp3) is 0.400. The Morgan fingerprint density at radius 2 is 1.78 bits per heavy atom. The van der Waals surface area contributed by atoms with Gasteiger partial charge in [0.2, 0.25) is 0 Å². The molecule has 0 N–H and O–H groups in total. The molecule has 0 saturated heterocycles. The van der Waals surface area contributed by atoms with Gasteiger partial charge in [-0.1, -0.05) is 44.5 Å². The Kier molecular flexibility index (Phi) is 3.24. The van der Waals surface area contributed by atoms with Crippen LogP contribution in [0.2, 0.25) is 5.15 Å². The van der Waals surface area contributed by atoms with Gasteiger partial charge in [-0.15, -0.1) is 0 Å². The van der Waals surface area contributed by atoms with Crippen LogP contribution in [0.15, 0.2) is 24.3 Å². The van der Waals surface area contributed by atoms with Crippen molar-refractivity contribution < 1.29 is 0 Å². The van der Waals surface area contributed by atoms with Crippen LogP contribution in [0.3, 0.4) is 0 Å². The number of nitrogens with zero attached hydrogens (tertiary/aromatic N) is 2. The third kappa shape index (κ3) is 2.44. The Hall–Kier alpha value is -1.28. The van der Waals surface area contributed by atoms with Crippen LogP contribution in [-0.2, 0) is 5.41 Å². The molecule has 18 heavy (non-hydrogen) atoms. The zero-order chi connectivity index (χ0) is 13.5. The lowest BCUT2D eigenvalue weighted by Gasteiger charge is -2.14. The van der Waals surface area contributed by atoms with E-state index < -0.39 is 0 Å². The van der Waals surface area contributed by atoms with Crippen LogP contribution in [0.25, 0.3) is 5.69 Å². The van der Waals surface area contributed by atoms with E-state index in [1.807, 2.05) is 10.7 Å². The number of rotatable bonds is 1. The molecule has 0 saturated carbocycles. The third-order valence-corrected chi connectivity index (χ3v) is 3.30. The maximum absolute atomic E-state index is 6.31. The quantitative estimate of drug-likeness (QED) is 0.743. The van der Waals surface area contributed by atoms with Crippen molar-refractivity contribution in [3.63, 3.8) is 0 Å². The van der Waals surface area contributed by atoms with E-state index >= 15 is 0 Å². The van der Waals surface area contributed by atoms with Crippen LogP contribution >= 0.6 is 11.6 Å². The molecule has 1 aromatic heterocycles. The molecule has 0 aliphatic carbocycles. The molecule has 0 spiro atoms. The van der Waals surface area contributed by atoms with Gasteiger partial charge in [-0.25, -0.2) is 4.68 Å². The van der Waals surface area contributed by atoms with Gasteiger partial charge >= 0.3 is 0 Å². The summed E-state index contributed by atoms with van der Waals surface area (Å²) in [5.74, 6) is 0. The summed E-state index contributed by atoms with van der Waals surface area (Å²) in [5.41, 5.74) is 4.45. The highest BCUT2D eigenvalue weighted by Gasteiger charge is 2.20. The van der Waals surface area contributed by atoms with Crippen LogP contribution < -0.4 is 0 Å². The second-order valence-electron chi connectivity index (χ2n) is 5.80. The Balaban J connectivity index is 2.58. The van der Waals surface area contributed by atoms with Crippen LogP contribution in [0, 0.1) is 13.8 Å². The van der Waals surface area contributed by atoms with E-state index in [1.54, 1.807) is 0 Å². The summed E-state index contributed by atoms with van der Waals surface area (Å²) >= 11 is 6.31. The minimum Gasteiger partial charge on any atom is -0.222 e. The van der Waals surface area contributed by atoms with E-state index in [0.29, 0.717) is 5.15 Å². The first-order chi connectivity index (χ1) is 8.29. The van der Waals surface area contributed by atoms with Crippen molar-refractivity contribution in [2.75, 3.05) is 0 Å². The van der Waals surface area contributed by atoms with Crippen LogP contribution in [0.4, 0.5) is 0 Å². The number of hydrogen-bond donors (Lipinski definition) is 0. The van der Waals surface area contributed by atoms with Crippen molar-refractivity contribution in [3.05, 3.63) is 46.2 Å². The number of hydrogen-bond acceptors (Lipinski definition) is 1. The van der Waals surface area contributed by atoms with Gasteiger partial charge in [0.05, 0.1) is 11.4 Å². The van der Waals surface area contributed by atoms with Crippen molar-refractivity contribution >= 4 is 11.6 Å².